The van der Waals surface area contributed by atoms with E-state index in [0.29, 0.717) is 6.04 Å². The molecule has 1 aliphatic heterocycles. The third kappa shape index (κ3) is 3.72. The van der Waals surface area contributed by atoms with Crippen LogP contribution in [-0.2, 0) is 16.0 Å². The lowest BCUT2D eigenvalue weighted by atomic mass is 9.87. The summed E-state index contributed by atoms with van der Waals surface area (Å²) in [4.78, 5) is 24.5. The number of hydrogen-bond acceptors (Lipinski definition) is 3. The standard InChI is InChI=1S/C18H25N3O2/c1-2-12-7-3-4-8-13(12)20-17(22)11-16-18(23)21-15-10-6-5-9-14(15)19-16/h3-4,7-8,14-16,19H,2,5-6,9-11H2,1H3,(H,20,22)(H,21,23)/t14-,15+,16-/m1/s1. The molecule has 3 atom stereocenters. The molecule has 0 unspecified atom stereocenters. The predicted molar refractivity (Wildman–Crippen MR) is 90.2 cm³/mol. The maximum atomic E-state index is 12.3. The second-order valence-corrected chi connectivity index (χ2v) is 6.49. The molecule has 0 aromatic heterocycles. The van der Waals surface area contributed by atoms with Crippen LogP contribution in [0.5, 0.6) is 0 Å². The highest BCUT2D eigenvalue weighted by Crippen LogP contribution is 2.22. The molecule has 3 N–H and O–H groups in total. The quantitative estimate of drug-likeness (QED) is 0.795. The van der Waals surface area contributed by atoms with Gasteiger partial charge in [0.05, 0.1) is 12.5 Å². The number of anilines is 1. The van der Waals surface area contributed by atoms with Gasteiger partial charge in [-0.25, -0.2) is 0 Å². The Bertz CT molecular complexity index is 587. The smallest absolute Gasteiger partial charge is 0.237 e. The fraction of sp³-hybridized carbons (Fsp3) is 0.556. The van der Waals surface area contributed by atoms with Gasteiger partial charge in [0, 0.05) is 17.8 Å². The fourth-order valence-electron chi connectivity index (χ4n) is 3.61. The zero-order valence-electron chi connectivity index (χ0n) is 13.6. The maximum Gasteiger partial charge on any atom is 0.237 e. The fourth-order valence-corrected chi connectivity index (χ4v) is 3.61. The van der Waals surface area contributed by atoms with Gasteiger partial charge in [-0.1, -0.05) is 38.0 Å². The maximum absolute atomic E-state index is 12.3. The molecule has 0 bridgehead atoms. The molecular weight excluding hydrogens is 290 g/mol. The van der Waals surface area contributed by atoms with Gasteiger partial charge in [-0.2, -0.15) is 0 Å². The average molecular weight is 315 g/mol. The molecule has 0 spiro atoms. The van der Waals surface area contributed by atoms with Crippen LogP contribution in [0, 0.1) is 0 Å². The van der Waals surface area contributed by atoms with Crippen molar-refractivity contribution in [2.45, 2.75) is 63.6 Å². The Labute approximate surface area is 137 Å². The van der Waals surface area contributed by atoms with E-state index in [-0.39, 0.29) is 24.3 Å². The highest BCUT2D eigenvalue weighted by molar-refractivity contribution is 5.96. The normalized spacial score (nSPS) is 27.0. The zero-order chi connectivity index (χ0) is 16.2. The topological polar surface area (TPSA) is 70.2 Å². The highest BCUT2D eigenvalue weighted by atomic mass is 16.2. The van der Waals surface area contributed by atoms with E-state index in [1.165, 1.54) is 12.8 Å². The van der Waals surface area contributed by atoms with Crippen molar-refractivity contribution in [1.82, 2.24) is 10.6 Å². The summed E-state index contributed by atoms with van der Waals surface area (Å²) in [6.45, 7) is 2.06. The van der Waals surface area contributed by atoms with Crippen LogP contribution in [0.3, 0.4) is 0 Å². The number of carbonyl (C=O) groups is 2. The molecule has 5 heteroatoms. The van der Waals surface area contributed by atoms with Gasteiger partial charge in [0.15, 0.2) is 0 Å². The van der Waals surface area contributed by atoms with Gasteiger partial charge >= 0.3 is 0 Å². The van der Waals surface area contributed by atoms with Gasteiger partial charge in [-0.05, 0) is 30.9 Å². The molecule has 2 fully saturated rings. The number of hydrogen-bond donors (Lipinski definition) is 3. The Kier molecular flexibility index (Phi) is 4.96. The molecule has 1 saturated heterocycles. The minimum atomic E-state index is -0.428. The number of aryl methyl sites for hydroxylation is 1. The lowest BCUT2D eigenvalue weighted by Crippen LogP contribution is -2.65. The van der Waals surface area contributed by atoms with E-state index in [2.05, 4.69) is 22.9 Å². The van der Waals surface area contributed by atoms with Crippen LogP contribution in [0.2, 0.25) is 0 Å². The number of para-hydroxylation sites is 1. The molecule has 2 amide bonds. The third-order valence-electron chi connectivity index (χ3n) is 4.89. The molecule has 5 nitrogen and oxygen atoms in total. The molecule has 1 heterocycles. The molecule has 1 saturated carbocycles. The lowest BCUT2D eigenvalue weighted by molar-refractivity contribution is -0.129. The van der Waals surface area contributed by atoms with Crippen molar-refractivity contribution in [2.24, 2.45) is 0 Å². The first-order valence-corrected chi connectivity index (χ1v) is 8.61. The summed E-state index contributed by atoms with van der Waals surface area (Å²) in [5.41, 5.74) is 1.95. The number of rotatable bonds is 4. The molecule has 1 aromatic rings. The van der Waals surface area contributed by atoms with Crippen LogP contribution in [0.1, 0.15) is 44.6 Å². The highest BCUT2D eigenvalue weighted by Gasteiger charge is 2.36. The minimum absolute atomic E-state index is 0.0490. The van der Waals surface area contributed by atoms with E-state index in [9.17, 15) is 9.59 Å². The summed E-state index contributed by atoms with van der Waals surface area (Å²) in [6.07, 6.45) is 5.50. The second kappa shape index (κ2) is 7.13. The number of amides is 2. The minimum Gasteiger partial charge on any atom is -0.350 e. The Balaban J connectivity index is 1.60. The monoisotopic (exact) mass is 315 g/mol. The van der Waals surface area contributed by atoms with Crippen molar-refractivity contribution in [1.29, 1.82) is 0 Å². The van der Waals surface area contributed by atoms with Crippen molar-refractivity contribution >= 4 is 17.5 Å². The van der Waals surface area contributed by atoms with E-state index < -0.39 is 6.04 Å². The van der Waals surface area contributed by atoms with Gasteiger partial charge in [0.2, 0.25) is 11.8 Å². The predicted octanol–water partition coefficient (Wildman–Crippen LogP) is 1.98. The molecule has 1 aliphatic carbocycles. The van der Waals surface area contributed by atoms with Crippen molar-refractivity contribution in [3.63, 3.8) is 0 Å². The van der Waals surface area contributed by atoms with E-state index in [0.717, 1.165) is 30.5 Å². The van der Waals surface area contributed by atoms with E-state index in [4.69, 9.17) is 0 Å². The van der Waals surface area contributed by atoms with Crippen molar-refractivity contribution < 1.29 is 9.59 Å². The Morgan fingerprint density at radius 2 is 1.96 bits per heavy atom. The SMILES string of the molecule is CCc1ccccc1NC(=O)C[C@H]1N[C@@H]2CCCC[C@@H]2NC1=O. The Hall–Kier alpha value is -1.88. The number of carbonyl (C=O) groups excluding carboxylic acids is 2. The van der Waals surface area contributed by atoms with E-state index in [1.54, 1.807) is 0 Å². The van der Waals surface area contributed by atoms with Crippen molar-refractivity contribution in [2.75, 3.05) is 5.32 Å². The van der Waals surface area contributed by atoms with Crippen LogP contribution in [-0.4, -0.2) is 29.9 Å². The van der Waals surface area contributed by atoms with E-state index in [1.807, 2.05) is 24.3 Å². The van der Waals surface area contributed by atoms with Crippen LogP contribution < -0.4 is 16.0 Å². The largest absolute Gasteiger partial charge is 0.350 e. The summed E-state index contributed by atoms with van der Waals surface area (Å²) in [5.74, 6) is -0.167. The van der Waals surface area contributed by atoms with Gasteiger partial charge in [0.1, 0.15) is 0 Å². The zero-order valence-corrected chi connectivity index (χ0v) is 13.6. The molecule has 2 aliphatic rings. The molecule has 23 heavy (non-hydrogen) atoms. The van der Waals surface area contributed by atoms with Crippen LogP contribution in [0.15, 0.2) is 24.3 Å². The van der Waals surface area contributed by atoms with Gasteiger partial charge in [0.25, 0.3) is 0 Å². The van der Waals surface area contributed by atoms with Gasteiger partial charge < -0.3 is 16.0 Å². The summed E-state index contributed by atoms with van der Waals surface area (Å²) in [6, 6.07) is 7.90. The van der Waals surface area contributed by atoms with Crippen LogP contribution in [0.25, 0.3) is 0 Å². The average Bonchev–Trinajstić information content (AvgIpc) is 2.56. The van der Waals surface area contributed by atoms with Gasteiger partial charge in [-0.15, -0.1) is 0 Å². The summed E-state index contributed by atoms with van der Waals surface area (Å²) >= 11 is 0. The van der Waals surface area contributed by atoms with Gasteiger partial charge in [-0.3, -0.25) is 9.59 Å². The Morgan fingerprint density at radius 1 is 1.22 bits per heavy atom. The number of piperazine rings is 1. The molecule has 0 radical (unpaired) electrons. The van der Waals surface area contributed by atoms with Crippen molar-refractivity contribution in [3.8, 4) is 0 Å². The van der Waals surface area contributed by atoms with Crippen LogP contribution >= 0.6 is 0 Å². The summed E-state index contributed by atoms with van der Waals surface area (Å²) in [5, 5.41) is 9.40. The summed E-state index contributed by atoms with van der Waals surface area (Å²) in [7, 11) is 0. The second-order valence-electron chi connectivity index (χ2n) is 6.49. The molecule has 124 valence electrons. The summed E-state index contributed by atoms with van der Waals surface area (Å²) < 4.78 is 0. The van der Waals surface area contributed by atoms with E-state index >= 15 is 0 Å². The molecule has 1 aromatic carbocycles. The first kappa shape index (κ1) is 16.0. The molecule has 3 rings (SSSR count). The number of benzene rings is 1. The first-order valence-electron chi connectivity index (χ1n) is 8.61. The molecular formula is C18H25N3O2. The number of nitrogens with one attached hydrogen (secondary N) is 3. The first-order chi connectivity index (χ1) is 11.2. The lowest BCUT2D eigenvalue weighted by Gasteiger charge is -2.40. The van der Waals surface area contributed by atoms with Crippen LogP contribution in [0.4, 0.5) is 5.69 Å². The number of fused-ring (bicyclic) bond motifs is 1. The third-order valence-corrected chi connectivity index (χ3v) is 4.89. The van der Waals surface area contributed by atoms with Crippen molar-refractivity contribution in [3.05, 3.63) is 29.8 Å². The Morgan fingerprint density at radius 3 is 2.74 bits per heavy atom.